The van der Waals surface area contributed by atoms with Crippen LogP contribution in [0.2, 0.25) is 0 Å². The Bertz CT molecular complexity index is 883. The lowest BCUT2D eigenvalue weighted by Gasteiger charge is -2.15. The summed E-state index contributed by atoms with van der Waals surface area (Å²) < 4.78 is 1.98. The molecule has 0 atom stereocenters. The Morgan fingerprint density at radius 3 is 2.40 bits per heavy atom. The number of allylic oxidation sites excluding steroid dienone is 3. The van der Waals surface area contributed by atoms with Gasteiger partial charge < -0.3 is 4.57 Å². The molecule has 0 aliphatic rings. The zero-order valence-electron chi connectivity index (χ0n) is 15.4. The van der Waals surface area contributed by atoms with Crippen LogP contribution in [-0.2, 0) is 6.54 Å². The van der Waals surface area contributed by atoms with Crippen molar-refractivity contribution >= 4 is 16.9 Å². The Morgan fingerprint density at radius 2 is 1.84 bits per heavy atom. The van der Waals surface area contributed by atoms with Gasteiger partial charge in [-0.1, -0.05) is 43.3 Å². The molecule has 0 bridgehead atoms. The van der Waals surface area contributed by atoms with Crippen molar-refractivity contribution in [3.8, 4) is 0 Å². The minimum absolute atomic E-state index is 0.202. The maximum Gasteiger partial charge on any atom is 0.192 e. The van der Waals surface area contributed by atoms with Gasteiger partial charge in [0.05, 0.1) is 5.56 Å². The molecular weight excluding hydrogens is 310 g/mol. The largest absolute Gasteiger partial charge is 0.347 e. The van der Waals surface area contributed by atoms with Crippen molar-refractivity contribution in [1.29, 1.82) is 0 Å². The first-order chi connectivity index (χ1) is 11.8. The van der Waals surface area contributed by atoms with E-state index in [4.69, 9.17) is 0 Å². The predicted octanol–water partition coefficient (Wildman–Crippen LogP) is 4.89. The number of benzene rings is 1. The summed E-state index contributed by atoms with van der Waals surface area (Å²) >= 11 is 0. The lowest BCUT2D eigenvalue weighted by molar-refractivity contribution is 0.101. The number of hydrogen-bond donors (Lipinski definition) is 0. The summed E-state index contributed by atoms with van der Waals surface area (Å²) in [5.41, 5.74) is 4.93. The smallest absolute Gasteiger partial charge is 0.192 e. The van der Waals surface area contributed by atoms with Gasteiger partial charge in [-0.15, -0.1) is 0 Å². The Kier molecular flexibility index (Phi) is 5.92. The van der Waals surface area contributed by atoms with E-state index in [0.717, 1.165) is 35.4 Å². The molecule has 0 saturated heterocycles. The van der Waals surface area contributed by atoms with Gasteiger partial charge in [0.2, 0.25) is 0 Å². The molecule has 2 rings (SSSR count). The molecule has 1 aromatic carbocycles. The number of ketones is 1. The van der Waals surface area contributed by atoms with E-state index in [1.807, 2.05) is 36.6 Å². The third-order valence-corrected chi connectivity index (χ3v) is 4.19. The maximum absolute atomic E-state index is 12.3. The second-order valence-electron chi connectivity index (χ2n) is 6.40. The Balaban J connectivity index is 2.46. The van der Waals surface area contributed by atoms with Crippen LogP contribution >= 0.6 is 0 Å². The molecule has 0 aliphatic carbocycles. The topological polar surface area (TPSA) is 39.1 Å². The first kappa shape index (κ1) is 18.7. The number of nitrogens with zero attached hydrogens (tertiary/aromatic N) is 1. The van der Waals surface area contributed by atoms with E-state index in [1.54, 1.807) is 12.3 Å². The van der Waals surface area contributed by atoms with Crippen LogP contribution in [0.4, 0.5) is 0 Å². The van der Waals surface area contributed by atoms with E-state index in [-0.39, 0.29) is 16.8 Å². The van der Waals surface area contributed by atoms with Crippen molar-refractivity contribution in [2.75, 3.05) is 0 Å². The van der Waals surface area contributed by atoms with Crippen LogP contribution in [0.15, 0.2) is 54.0 Å². The molecule has 25 heavy (non-hydrogen) atoms. The summed E-state index contributed by atoms with van der Waals surface area (Å²) in [6.45, 7) is 12.4. The van der Waals surface area contributed by atoms with E-state index < -0.39 is 0 Å². The van der Waals surface area contributed by atoms with Crippen molar-refractivity contribution in [1.82, 2.24) is 4.57 Å². The van der Waals surface area contributed by atoms with Gasteiger partial charge in [0.15, 0.2) is 11.2 Å². The Hall–Kier alpha value is -2.68. The normalized spacial score (nSPS) is 11.4. The fraction of sp³-hybridized carbons (Fsp3) is 0.273. The molecule has 3 heteroatoms. The molecular formula is C22H25NO2. The van der Waals surface area contributed by atoms with E-state index in [2.05, 4.69) is 25.6 Å². The van der Waals surface area contributed by atoms with Gasteiger partial charge in [0, 0.05) is 24.5 Å². The summed E-state index contributed by atoms with van der Waals surface area (Å²) in [7, 11) is 0. The summed E-state index contributed by atoms with van der Waals surface area (Å²) in [4.78, 5) is 23.9. The van der Waals surface area contributed by atoms with E-state index in [9.17, 15) is 9.59 Å². The minimum Gasteiger partial charge on any atom is -0.347 e. The van der Waals surface area contributed by atoms with Gasteiger partial charge >= 0.3 is 0 Å². The molecule has 0 amide bonds. The number of aromatic nitrogens is 1. The summed E-state index contributed by atoms with van der Waals surface area (Å²) in [6.07, 6.45) is 4.58. The zero-order chi connectivity index (χ0) is 18.6. The first-order valence-electron chi connectivity index (χ1n) is 8.53. The van der Waals surface area contributed by atoms with Gasteiger partial charge in [0.25, 0.3) is 0 Å². The third-order valence-electron chi connectivity index (χ3n) is 4.19. The van der Waals surface area contributed by atoms with Crippen LogP contribution in [0.25, 0.3) is 11.1 Å². The zero-order valence-corrected chi connectivity index (χ0v) is 15.4. The van der Waals surface area contributed by atoms with Crippen LogP contribution in [-0.4, -0.2) is 10.4 Å². The highest BCUT2D eigenvalue weighted by molar-refractivity contribution is 5.94. The van der Waals surface area contributed by atoms with E-state index in [0.29, 0.717) is 0 Å². The molecule has 2 aromatic rings. The fourth-order valence-corrected chi connectivity index (χ4v) is 2.79. The van der Waals surface area contributed by atoms with Crippen LogP contribution in [0, 0.1) is 6.92 Å². The van der Waals surface area contributed by atoms with Crippen LogP contribution in [0.3, 0.4) is 0 Å². The average Bonchev–Trinajstić information content (AvgIpc) is 2.56. The SMILES string of the molecule is C=C(/C=C(\C)c1cc(=O)c(C(C)=O)cn1CCC)c1ccc(C)cc1. The highest BCUT2D eigenvalue weighted by Crippen LogP contribution is 2.21. The number of carbonyl (C=O) groups excluding carboxylic acids is 1. The predicted molar refractivity (Wildman–Crippen MR) is 105 cm³/mol. The van der Waals surface area contributed by atoms with E-state index >= 15 is 0 Å². The lowest BCUT2D eigenvalue weighted by Crippen LogP contribution is -2.18. The average molecular weight is 335 g/mol. The third kappa shape index (κ3) is 4.44. The van der Waals surface area contributed by atoms with E-state index in [1.165, 1.54) is 12.5 Å². The summed E-state index contributed by atoms with van der Waals surface area (Å²) in [6, 6.07) is 9.75. The van der Waals surface area contributed by atoms with Crippen molar-refractivity contribution in [3.63, 3.8) is 0 Å². The molecule has 0 N–H and O–H groups in total. The molecule has 0 unspecified atom stereocenters. The summed E-state index contributed by atoms with van der Waals surface area (Å²) in [5.74, 6) is -0.202. The fourth-order valence-electron chi connectivity index (χ4n) is 2.79. The van der Waals surface area contributed by atoms with Crippen molar-refractivity contribution < 1.29 is 4.79 Å². The lowest BCUT2D eigenvalue weighted by atomic mass is 10.0. The van der Waals surface area contributed by atoms with Crippen molar-refractivity contribution in [2.45, 2.75) is 40.7 Å². The molecule has 0 aliphatic heterocycles. The second-order valence-corrected chi connectivity index (χ2v) is 6.40. The van der Waals surface area contributed by atoms with Gasteiger partial charge in [-0.3, -0.25) is 9.59 Å². The minimum atomic E-state index is -0.233. The highest BCUT2D eigenvalue weighted by Gasteiger charge is 2.11. The van der Waals surface area contributed by atoms with Crippen molar-refractivity contribution in [2.24, 2.45) is 0 Å². The number of rotatable bonds is 6. The second kappa shape index (κ2) is 7.93. The summed E-state index contributed by atoms with van der Waals surface area (Å²) in [5, 5.41) is 0. The molecule has 1 aromatic heterocycles. The number of carbonyl (C=O) groups is 1. The number of Topliss-reactive ketones (excluding diaryl/α,β-unsaturated/α-hetero) is 1. The first-order valence-corrected chi connectivity index (χ1v) is 8.53. The molecule has 0 spiro atoms. The Labute approximate surface area is 149 Å². The van der Waals surface area contributed by atoms with Gasteiger partial charge in [-0.25, -0.2) is 0 Å². The number of aryl methyl sites for hydroxylation is 2. The molecule has 0 saturated carbocycles. The number of pyridine rings is 1. The highest BCUT2D eigenvalue weighted by atomic mass is 16.1. The number of hydrogen-bond acceptors (Lipinski definition) is 2. The van der Waals surface area contributed by atoms with Gasteiger partial charge in [-0.2, -0.15) is 0 Å². The van der Waals surface area contributed by atoms with Crippen LogP contribution in [0.5, 0.6) is 0 Å². The molecule has 130 valence electrons. The quantitative estimate of drug-likeness (QED) is 0.557. The van der Waals surface area contributed by atoms with Gasteiger partial charge in [-0.05, 0) is 50.0 Å². The van der Waals surface area contributed by atoms with Crippen LogP contribution in [0.1, 0.15) is 54.4 Å². The molecule has 1 heterocycles. The maximum atomic E-state index is 12.3. The van der Waals surface area contributed by atoms with Crippen LogP contribution < -0.4 is 5.43 Å². The van der Waals surface area contributed by atoms with Crippen molar-refractivity contribution in [3.05, 3.63) is 81.8 Å². The van der Waals surface area contributed by atoms with Gasteiger partial charge in [0.1, 0.15) is 0 Å². The Morgan fingerprint density at radius 1 is 1.20 bits per heavy atom. The standard InChI is InChI=1S/C22H25NO2/c1-6-11-23-14-20(18(5)24)22(25)13-21(23)17(4)12-16(3)19-9-7-15(2)8-10-19/h7-10,12-14H,3,6,11H2,1-2,4-5H3/b17-12+. The molecule has 0 fully saturated rings. The molecule has 3 nitrogen and oxygen atoms in total. The monoisotopic (exact) mass is 335 g/mol. The molecule has 0 radical (unpaired) electrons.